The molecular weight excluding hydrogens is 386 g/mol. The fourth-order valence-corrected chi connectivity index (χ4v) is 4.24. The van der Waals surface area contributed by atoms with Crippen molar-refractivity contribution in [3.8, 4) is 0 Å². The predicted molar refractivity (Wildman–Crippen MR) is 102 cm³/mol. The lowest BCUT2D eigenvalue weighted by atomic mass is 10.2. The fourth-order valence-electron chi connectivity index (χ4n) is 2.72. The van der Waals surface area contributed by atoms with Gasteiger partial charge in [0.15, 0.2) is 6.61 Å². The third kappa shape index (κ3) is 6.61. The number of piperidine rings is 1. The Morgan fingerprint density at radius 3 is 2.32 bits per heavy atom. The van der Waals surface area contributed by atoms with Crippen molar-refractivity contribution in [1.29, 1.82) is 0 Å². The van der Waals surface area contributed by atoms with Crippen LogP contribution in [-0.2, 0) is 29.1 Å². The van der Waals surface area contributed by atoms with E-state index < -0.39 is 28.5 Å². The van der Waals surface area contributed by atoms with Crippen molar-refractivity contribution in [3.05, 3.63) is 24.3 Å². The van der Waals surface area contributed by atoms with Crippen LogP contribution in [0.15, 0.2) is 29.2 Å². The van der Waals surface area contributed by atoms with Crippen LogP contribution in [0.5, 0.6) is 0 Å². The van der Waals surface area contributed by atoms with Crippen LogP contribution in [0, 0.1) is 0 Å². The Balaban J connectivity index is 1.82. The van der Waals surface area contributed by atoms with E-state index in [0.29, 0.717) is 18.8 Å². The van der Waals surface area contributed by atoms with Gasteiger partial charge in [0.25, 0.3) is 5.91 Å². The molecule has 28 heavy (non-hydrogen) atoms. The highest BCUT2D eigenvalue weighted by Gasteiger charge is 2.25. The number of amides is 2. The van der Waals surface area contributed by atoms with Crippen molar-refractivity contribution in [2.45, 2.75) is 37.5 Å². The number of nitrogens with zero attached hydrogens (tertiary/aromatic N) is 1. The largest absolute Gasteiger partial charge is 0.456 e. The summed E-state index contributed by atoms with van der Waals surface area (Å²) in [5.41, 5.74) is 0.400. The van der Waals surface area contributed by atoms with Crippen LogP contribution in [0.25, 0.3) is 0 Å². The fraction of sp³-hybridized carbons (Fsp3) is 0.500. The maximum atomic E-state index is 12.6. The van der Waals surface area contributed by atoms with Crippen molar-refractivity contribution >= 4 is 33.5 Å². The first kappa shape index (κ1) is 21.8. The number of nitrogens with one attached hydrogen (secondary N) is 2. The van der Waals surface area contributed by atoms with E-state index in [2.05, 4.69) is 10.6 Å². The molecule has 0 saturated carbocycles. The summed E-state index contributed by atoms with van der Waals surface area (Å²) in [6.45, 7) is 2.06. The number of ether oxygens (including phenoxy) is 1. The molecule has 1 saturated heterocycles. The van der Waals surface area contributed by atoms with Crippen LogP contribution in [-0.4, -0.2) is 56.7 Å². The van der Waals surface area contributed by atoms with E-state index in [1.807, 2.05) is 0 Å². The van der Waals surface area contributed by atoms with Gasteiger partial charge in [-0.05, 0) is 37.1 Å². The van der Waals surface area contributed by atoms with E-state index in [4.69, 9.17) is 4.74 Å². The molecule has 2 N–H and O–H groups in total. The molecule has 1 aliphatic heterocycles. The van der Waals surface area contributed by atoms with Crippen molar-refractivity contribution in [2.24, 2.45) is 0 Å². The Kier molecular flexibility index (Phi) is 7.94. The Bertz CT molecular complexity index is 801. The number of carbonyl (C=O) groups excluding carboxylic acids is 3. The molecule has 2 rings (SSSR count). The lowest BCUT2D eigenvalue weighted by Gasteiger charge is -2.25. The molecule has 1 fully saturated rings. The summed E-state index contributed by atoms with van der Waals surface area (Å²) < 4.78 is 31.4. The number of hydrogen-bond donors (Lipinski definition) is 2. The second kappa shape index (κ2) is 10.2. The van der Waals surface area contributed by atoms with Gasteiger partial charge in [0.2, 0.25) is 15.9 Å². The lowest BCUT2D eigenvalue weighted by Crippen LogP contribution is -2.35. The van der Waals surface area contributed by atoms with Gasteiger partial charge in [-0.25, -0.2) is 8.42 Å². The number of sulfonamides is 1. The average molecular weight is 411 g/mol. The SMILES string of the molecule is CC(=O)NCCC(=O)OCC(=O)Nc1ccc(S(=O)(=O)N2CCCCC2)cc1. The molecule has 10 heteroatoms. The molecule has 0 unspecified atom stereocenters. The standard InChI is InChI=1S/C18H25N3O6S/c1-14(22)19-10-9-18(24)27-13-17(23)20-15-5-7-16(8-6-15)28(25,26)21-11-3-2-4-12-21/h5-8H,2-4,9-13H2,1H3,(H,19,22)(H,20,23). The monoisotopic (exact) mass is 411 g/mol. The van der Waals surface area contributed by atoms with E-state index in [-0.39, 0.29) is 23.8 Å². The maximum absolute atomic E-state index is 12.6. The third-order valence-corrected chi connectivity index (χ3v) is 6.07. The first-order chi connectivity index (χ1) is 13.3. The first-order valence-corrected chi connectivity index (χ1v) is 10.5. The van der Waals surface area contributed by atoms with Gasteiger partial charge in [-0.1, -0.05) is 6.42 Å². The average Bonchev–Trinajstić information content (AvgIpc) is 2.67. The molecule has 154 valence electrons. The lowest BCUT2D eigenvalue weighted by molar-refractivity contribution is -0.147. The molecule has 0 bridgehead atoms. The van der Waals surface area contributed by atoms with Gasteiger partial charge >= 0.3 is 5.97 Å². The summed E-state index contributed by atoms with van der Waals surface area (Å²) in [4.78, 5) is 34.2. The van der Waals surface area contributed by atoms with E-state index in [1.54, 1.807) is 0 Å². The van der Waals surface area contributed by atoms with Crippen molar-refractivity contribution in [1.82, 2.24) is 9.62 Å². The highest BCUT2D eigenvalue weighted by atomic mass is 32.2. The summed E-state index contributed by atoms with van der Waals surface area (Å²) in [6, 6.07) is 5.87. The number of anilines is 1. The minimum Gasteiger partial charge on any atom is -0.456 e. The van der Waals surface area contributed by atoms with Crippen LogP contribution in [0.4, 0.5) is 5.69 Å². The summed E-state index contributed by atoms with van der Waals surface area (Å²) in [5.74, 6) is -1.40. The van der Waals surface area contributed by atoms with E-state index >= 15 is 0 Å². The topological polar surface area (TPSA) is 122 Å². The molecule has 9 nitrogen and oxygen atoms in total. The van der Waals surface area contributed by atoms with E-state index in [0.717, 1.165) is 19.3 Å². The molecule has 0 aromatic heterocycles. The predicted octanol–water partition coefficient (Wildman–Crippen LogP) is 0.869. The van der Waals surface area contributed by atoms with Gasteiger partial charge < -0.3 is 15.4 Å². The molecule has 0 radical (unpaired) electrons. The number of carbonyl (C=O) groups is 3. The zero-order valence-electron chi connectivity index (χ0n) is 15.8. The van der Waals surface area contributed by atoms with Gasteiger partial charge in [-0.2, -0.15) is 4.31 Å². The van der Waals surface area contributed by atoms with Gasteiger partial charge in [-0.15, -0.1) is 0 Å². The second-order valence-electron chi connectivity index (χ2n) is 6.43. The first-order valence-electron chi connectivity index (χ1n) is 9.09. The van der Waals surface area contributed by atoms with E-state index in [1.165, 1.54) is 35.5 Å². The summed E-state index contributed by atoms with van der Waals surface area (Å²) in [6.07, 6.45) is 2.72. The van der Waals surface area contributed by atoms with Crippen LogP contribution in [0.1, 0.15) is 32.6 Å². The zero-order valence-corrected chi connectivity index (χ0v) is 16.6. The van der Waals surface area contributed by atoms with Crippen molar-refractivity contribution < 1.29 is 27.5 Å². The van der Waals surface area contributed by atoms with Crippen LogP contribution in [0.3, 0.4) is 0 Å². The Morgan fingerprint density at radius 2 is 1.71 bits per heavy atom. The summed E-state index contributed by atoms with van der Waals surface area (Å²) >= 11 is 0. The van der Waals surface area contributed by atoms with Gasteiger partial charge in [0.05, 0.1) is 11.3 Å². The van der Waals surface area contributed by atoms with Gasteiger partial charge in [0.1, 0.15) is 0 Å². The number of esters is 1. The Labute approximate surface area is 164 Å². The van der Waals surface area contributed by atoms with E-state index in [9.17, 15) is 22.8 Å². The molecular formula is C18H25N3O6S. The molecule has 1 heterocycles. The van der Waals surface area contributed by atoms with Gasteiger partial charge in [0, 0.05) is 32.2 Å². The molecule has 1 aromatic carbocycles. The molecule has 0 atom stereocenters. The second-order valence-corrected chi connectivity index (χ2v) is 8.37. The smallest absolute Gasteiger partial charge is 0.308 e. The van der Waals surface area contributed by atoms with Gasteiger partial charge in [-0.3, -0.25) is 14.4 Å². The number of rotatable bonds is 8. The minimum absolute atomic E-state index is 0.0318. The summed E-state index contributed by atoms with van der Waals surface area (Å²) in [7, 11) is -3.52. The quantitative estimate of drug-likeness (QED) is 0.612. The normalized spacial score (nSPS) is 14.9. The van der Waals surface area contributed by atoms with Crippen molar-refractivity contribution in [3.63, 3.8) is 0 Å². The highest BCUT2D eigenvalue weighted by molar-refractivity contribution is 7.89. The zero-order chi connectivity index (χ0) is 20.6. The number of hydrogen-bond acceptors (Lipinski definition) is 6. The van der Waals surface area contributed by atoms with Crippen LogP contribution in [0.2, 0.25) is 0 Å². The molecule has 0 spiro atoms. The summed E-state index contributed by atoms with van der Waals surface area (Å²) in [5, 5.41) is 4.99. The van der Waals surface area contributed by atoms with Crippen LogP contribution < -0.4 is 10.6 Å². The highest BCUT2D eigenvalue weighted by Crippen LogP contribution is 2.21. The minimum atomic E-state index is -3.52. The number of benzene rings is 1. The molecule has 1 aromatic rings. The van der Waals surface area contributed by atoms with Crippen LogP contribution >= 0.6 is 0 Å². The molecule has 2 amide bonds. The Morgan fingerprint density at radius 1 is 1.07 bits per heavy atom. The van der Waals surface area contributed by atoms with Crippen molar-refractivity contribution in [2.75, 3.05) is 31.6 Å². The molecule has 1 aliphatic rings. The Hall–Kier alpha value is -2.46. The maximum Gasteiger partial charge on any atom is 0.308 e. The third-order valence-electron chi connectivity index (χ3n) is 4.16. The molecule has 0 aliphatic carbocycles.